The molecule has 0 aliphatic rings. The Morgan fingerprint density at radius 2 is 1.65 bits per heavy atom. The number of nitrogens with zero attached hydrogens (tertiary/aromatic N) is 1. The minimum atomic E-state index is -1.97. The van der Waals surface area contributed by atoms with E-state index in [4.69, 9.17) is 0 Å². The predicted molar refractivity (Wildman–Crippen MR) is 118 cm³/mol. The first-order valence-corrected chi connectivity index (χ1v) is 17.3. The van der Waals surface area contributed by atoms with Crippen LogP contribution in [0.5, 0.6) is 0 Å². The number of hydrogen-bond donors (Lipinski definition) is 0. The molecule has 0 saturated heterocycles. The van der Waals surface area contributed by atoms with E-state index in [1.54, 1.807) is 9.96 Å². The minimum absolute atomic E-state index is 0.311. The van der Waals surface area contributed by atoms with Crippen LogP contribution in [-0.2, 0) is 13.5 Å². The zero-order valence-electron chi connectivity index (χ0n) is 18.6. The van der Waals surface area contributed by atoms with Crippen LogP contribution < -0.4 is 8.96 Å². The number of hydrogen-bond acceptors (Lipinski definition) is 0. The average molecular weight is 413 g/mol. The Kier molecular flexibility index (Phi) is 6.12. The van der Waals surface area contributed by atoms with E-state index in [0.29, 0.717) is 11.3 Å². The van der Waals surface area contributed by atoms with Crippen molar-refractivity contribution in [3.63, 3.8) is 0 Å². The molecule has 0 amide bonds. The second kappa shape index (κ2) is 7.50. The van der Waals surface area contributed by atoms with Crippen LogP contribution >= 0.6 is 0 Å². The molecule has 0 radical (unpaired) electrons. The summed E-state index contributed by atoms with van der Waals surface area (Å²) in [6.45, 7) is 13.8. The van der Waals surface area contributed by atoms with Gasteiger partial charge in [0.2, 0.25) is 0 Å². The van der Waals surface area contributed by atoms with Crippen LogP contribution in [0.25, 0.3) is 11.3 Å². The molecular formula is C24H38GeN+. The summed E-state index contributed by atoms with van der Waals surface area (Å²) in [5.41, 5.74) is 7.38. The predicted octanol–water partition coefficient (Wildman–Crippen LogP) is 5.74. The monoisotopic (exact) mass is 414 g/mol. The summed E-state index contributed by atoms with van der Waals surface area (Å²) in [6, 6.07) is 9.50. The first kappa shape index (κ1) is 21.2. The van der Waals surface area contributed by atoms with Crippen LogP contribution in [0, 0.1) is 12.3 Å². The number of benzene rings is 1. The van der Waals surface area contributed by atoms with Crippen LogP contribution in [0.2, 0.25) is 17.3 Å². The van der Waals surface area contributed by atoms with Gasteiger partial charge in [-0.1, -0.05) is 0 Å². The second-order valence-corrected chi connectivity index (χ2v) is 21.0. The fraction of sp³-hybridized carbons (Fsp3) is 0.542. The molecular weight excluding hydrogens is 375 g/mol. The van der Waals surface area contributed by atoms with E-state index in [1.807, 2.05) is 0 Å². The Morgan fingerprint density at radius 3 is 2.12 bits per heavy atom. The van der Waals surface area contributed by atoms with Crippen molar-refractivity contribution < 1.29 is 4.57 Å². The molecule has 0 atom stereocenters. The number of pyridine rings is 1. The molecule has 2 heteroatoms. The molecule has 2 rings (SSSR count). The molecule has 0 spiro atoms. The van der Waals surface area contributed by atoms with E-state index < -0.39 is 13.3 Å². The zero-order valence-corrected chi connectivity index (χ0v) is 20.7. The number of aromatic nitrogens is 1. The molecule has 0 aliphatic heterocycles. The molecule has 0 fully saturated rings. The van der Waals surface area contributed by atoms with Crippen molar-refractivity contribution in [2.24, 2.45) is 12.5 Å². The van der Waals surface area contributed by atoms with Crippen molar-refractivity contribution in [2.45, 2.75) is 71.1 Å². The number of rotatable bonds is 4. The Hall–Kier alpha value is -1.09. The van der Waals surface area contributed by atoms with E-state index in [-0.39, 0.29) is 0 Å². The molecule has 0 saturated carbocycles. The standard InChI is InChI=1S/C24H38GeN/c1-17(2)19-11-12-21(18(3)13-19)23-14-22(25(7,8)9)20(16-26(23)10)15-24(4,5)6/h11-14,16-17H,15H2,1-10H3/q+1. The molecule has 1 aromatic heterocycles. The molecule has 142 valence electrons. The molecule has 0 bridgehead atoms. The van der Waals surface area contributed by atoms with Gasteiger partial charge in [0.25, 0.3) is 0 Å². The molecule has 2 aromatic rings. The molecule has 0 N–H and O–H groups in total. The maximum absolute atomic E-state index is 2.51. The summed E-state index contributed by atoms with van der Waals surface area (Å²) in [7, 11) is 2.21. The third-order valence-electron chi connectivity index (χ3n) is 5.08. The maximum atomic E-state index is 2.51. The van der Waals surface area contributed by atoms with E-state index in [9.17, 15) is 0 Å². The SMILES string of the molecule is Cc1cc(C(C)C)ccc1-c1c[c]([Ge]([CH3])([CH3])[CH3])c(CC(C)(C)C)c[n+]1C. The van der Waals surface area contributed by atoms with Crippen LogP contribution in [0.15, 0.2) is 30.5 Å². The quantitative estimate of drug-likeness (QED) is 0.445. The third kappa shape index (κ3) is 5.00. The average Bonchev–Trinajstić information content (AvgIpc) is 2.44. The van der Waals surface area contributed by atoms with Crippen molar-refractivity contribution in [1.29, 1.82) is 0 Å². The summed E-state index contributed by atoms with van der Waals surface area (Å²) in [4.78, 5) is 0. The van der Waals surface area contributed by atoms with Crippen LogP contribution in [-0.4, -0.2) is 13.3 Å². The summed E-state index contributed by atoms with van der Waals surface area (Å²) in [6.07, 6.45) is 3.55. The van der Waals surface area contributed by atoms with Crippen LogP contribution in [0.1, 0.15) is 57.2 Å². The van der Waals surface area contributed by atoms with Gasteiger partial charge in [0.1, 0.15) is 0 Å². The van der Waals surface area contributed by atoms with Gasteiger partial charge in [0.05, 0.1) is 0 Å². The topological polar surface area (TPSA) is 3.88 Å². The molecule has 0 aliphatic carbocycles. The van der Waals surface area contributed by atoms with E-state index in [2.05, 4.69) is 101 Å². The van der Waals surface area contributed by atoms with Crippen molar-refractivity contribution >= 4 is 17.7 Å². The van der Waals surface area contributed by atoms with Gasteiger partial charge in [-0.3, -0.25) is 0 Å². The molecule has 26 heavy (non-hydrogen) atoms. The summed E-state index contributed by atoms with van der Waals surface area (Å²) < 4.78 is 4.00. The Bertz CT molecular complexity index is 789. The molecule has 1 nitrogen and oxygen atoms in total. The van der Waals surface area contributed by atoms with E-state index >= 15 is 0 Å². The molecule has 1 heterocycles. The van der Waals surface area contributed by atoms with E-state index in [1.165, 1.54) is 22.4 Å². The van der Waals surface area contributed by atoms with Crippen molar-refractivity contribution in [3.8, 4) is 11.3 Å². The van der Waals surface area contributed by atoms with E-state index in [0.717, 1.165) is 6.42 Å². The first-order chi connectivity index (χ1) is 11.8. The summed E-state index contributed by atoms with van der Waals surface area (Å²) in [5.74, 6) is 8.12. The Morgan fingerprint density at radius 1 is 1.04 bits per heavy atom. The molecule has 1 aromatic carbocycles. The Labute approximate surface area is 164 Å². The van der Waals surface area contributed by atoms with Crippen molar-refractivity contribution in [2.75, 3.05) is 0 Å². The van der Waals surface area contributed by atoms with Crippen LogP contribution in [0.3, 0.4) is 0 Å². The third-order valence-corrected chi connectivity index (χ3v) is 9.45. The normalized spacial score (nSPS) is 12.7. The van der Waals surface area contributed by atoms with Gasteiger partial charge in [-0.2, -0.15) is 0 Å². The van der Waals surface area contributed by atoms with Gasteiger partial charge in [-0.15, -0.1) is 0 Å². The van der Waals surface area contributed by atoms with Gasteiger partial charge < -0.3 is 0 Å². The van der Waals surface area contributed by atoms with Crippen molar-refractivity contribution in [3.05, 3.63) is 47.2 Å². The van der Waals surface area contributed by atoms with Gasteiger partial charge >= 0.3 is 164 Å². The van der Waals surface area contributed by atoms with Gasteiger partial charge in [-0.25, -0.2) is 0 Å². The molecule has 0 unspecified atom stereocenters. The fourth-order valence-electron chi connectivity index (χ4n) is 3.72. The van der Waals surface area contributed by atoms with Crippen molar-refractivity contribution in [1.82, 2.24) is 0 Å². The Balaban J connectivity index is 2.64. The van der Waals surface area contributed by atoms with Gasteiger partial charge in [0, 0.05) is 0 Å². The fourth-order valence-corrected chi connectivity index (χ4v) is 7.25. The number of aryl methyl sites for hydroxylation is 2. The zero-order chi connectivity index (χ0) is 19.9. The second-order valence-electron chi connectivity index (χ2n) is 10.4. The first-order valence-electron chi connectivity index (χ1n) is 9.93. The summed E-state index contributed by atoms with van der Waals surface area (Å²) in [5, 5.41) is 0. The van der Waals surface area contributed by atoms with Crippen LogP contribution in [0.4, 0.5) is 0 Å². The van der Waals surface area contributed by atoms with Gasteiger partial charge in [-0.05, 0) is 0 Å². The summed E-state index contributed by atoms with van der Waals surface area (Å²) >= 11 is -1.97. The van der Waals surface area contributed by atoms with Gasteiger partial charge in [0.15, 0.2) is 0 Å².